The van der Waals surface area contributed by atoms with Gasteiger partial charge in [0.1, 0.15) is 11.2 Å². The summed E-state index contributed by atoms with van der Waals surface area (Å²) in [6.45, 7) is 4.75. The first kappa shape index (κ1) is 31.6. The molecule has 0 amide bonds. The fourth-order valence-corrected chi connectivity index (χ4v) is 10.3. The lowest BCUT2D eigenvalue weighted by Crippen LogP contribution is -2.14. The molecule has 1 heterocycles. The van der Waals surface area contributed by atoms with Gasteiger partial charge in [0.15, 0.2) is 0 Å². The van der Waals surface area contributed by atoms with Crippen molar-refractivity contribution in [3.05, 3.63) is 187 Å². The third-order valence-corrected chi connectivity index (χ3v) is 12.9. The van der Waals surface area contributed by atoms with Crippen molar-refractivity contribution in [1.29, 1.82) is 0 Å². The second-order valence-corrected chi connectivity index (χ2v) is 16.3. The van der Waals surface area contributed by atoms with E-state index < -0.39 is 0 Å². The highest BCUT2D eigenvalue weighted by Crippen LogP contribution is 2.53. The summed E-state index contributed by atoms with van der Waals surface area (Å²) in [4.78, 5) is 0. The van der Waals surface area contributed by atoms with Gasteiger partial charge in [-0.05, 0) is 137 Å². The van der Waals surface area contributed by atoms with Crippen molar-refractivity contribution in [2.75, 3.05) is 0 Å². The molecular formula is C55H38O. The molecule has 9 aromatic carbocycles. The molecule has 56 heavy (non-hydrogen) atoms. The zero-order chi connectivity index (χ0) is 37.1. The lowest BCUT2D eigenvalue weighted by atomic mass is 9.80. The topological polar surface area (TPSA) is 13.1 Å². The molecule has 0 radical (unpaired) electrons. The van der Waals surface area contributed by atoms with Crippen molar-refractivity contribution >= 4 is 70.6 Å². The Labute approximate surface area is 325 Å². The van der Waals surface area contributed by atoms with Crippen LogP contribution in [0.2, 0.25) is 0 Å². The van der Waals surface area contributed by atoms with Gasteiger partial charge in [-0.1, -0.05) is 153 Å². The van der Waals surface area contributed by atoms with Crippen molar-refractivity contribution in [3.63, 3.8) is 0 Å². The first-order valence-electron chi connectivity index (χ1n) is 19.9. The van der Waals surface area contributed by atoms with Crippen LogP contribution in [0.5, 0.6) is 0 Å². The lowest BCUT2D eigenvalue weighted by molar-refractivity contribution is 0.660. The summed E-state index contributed by atoms with van der Waals surface area (Å²) >= 11 is 0. The lowest BCUT2D eigenvalue weighted by Gasteiger charge is -2.22. The SMILES string of the molecule is CC1(C)c2ccc(-c3c4ccccc4c(-c4ccc(C5=CC=CCC5)c5ccccc45)c4ccccc34)cc2-c2cc3ccc4c5ccccc5oc4c3cc21. The molecule has 1 nitrogen and oxygen atoms in total. The summed E-state index contributed by atoms with van der Waals surface area (Å²) in [6, 6.07) is 56.8. The number of furan rings is 1. The number of fused-ring (bicyclic) bond motifs is 11. The van der Waals surface area contributed by atoms with E-state index in [0.717, 1.165) is 24.0 Å². The minimum atomic E-state index is -0.156. The van der Waals surface area contributed by atoms with Crippen molar-refractivity contribution in [2.45, 2.75) is 32.1 Å². The molecular weight excluding hydrogens is 677 g/mol. The summed E-state index contributed by atoms with van der Waals surface area (Å²) in [5.41, 5.74) is 15.0. The quantitative estimate of drug-likeness (QED) is 0.166. The first-order valence-corrected chi connectivity index (χ1v) is 19.9. The van der Waals surface area contributed by atoms with Crippen LogP contribution in [0.1, 0.15) is 43.4 Å². The predicted molar refractivity (Wildman–Crippen MR) is 239 cm³/mol. The van der Waals surface area contributed by atoms with Crippen LogP contribution in [0.25, 0.3) is 104 Å². The van der Waals surface area contributed by atoms with Gasteiger partial charge in [0.05, 0.1) is 0 Å². The fourth-order valence-electron chi connectivity index (χ4n) is 10.3. The average Bonchev–Trinajstić information content (AvgIpc) is 3.73. The highest BCUT2D eigenvalue weighted by Gasteiger charge is 2.36. The minimum Gasteiger partial charge on any atom is -0.455 e. The number of hydrogen-bond acceptors (Lipinski definition) is 1. The number of benzene rings is 9. The molecule has 0 atom stereocenters. The van der Waals surface area contributed by atoms with Gasteiger partial charge >= 0.3 is 0 Å². The molecule has 0 spiro atoms. The standard InChI is InChI=1S/C55H38O/c1-55(2)49-29-25-35(31-47(49)48-30-34-24-26-45-39-18-12-13-23-51(39)56-54(45)46(34)32-50(48)55)52-40-19-8-10-21-42(40)53(43-22-11-9-20-41(43)52)44-28-27-36(33-14-4-3-5-15-33)37-16-6-7-17-38(37)44/h3-4,6-14,16-32H,5,15H2,1-2H3. The Hall–Kier alpha value is -6.70. The van der Waals surface area contributed by atoms with E-state index in [4.69, 9.17) is 4.42 Å². The summed E-state index contributed by atoms with van der Waals surface area (Å²) in [5, 5.41) is 12.5. The van der Waals surface area contributed by atoms with Crippen molar-refractivity contribution < 1.29 is 4.42 Å². The normalized spacial score (nSPS) is 14.6. The molecule has 0 unspecified atom stereocenters. The Morgan fingerprint density at radius 2 is 1.09 bits per heavy atom. The molecule has 12 rings (SSSR count). The van der Waals surface area contributed by atoms with Gasteiger partial charge in [-0.15, -0.1) is 0 Å². The molecule has 0 aliphatic heterocycles. The van der Waals surface area contributed by atoms with Crippen LogP contribution in [-0.2, 0) is 5.41 Å². The Bertz CT molecular complexity index is 3330. The van der Waals surface area contributed by atoms with E-state index >= 15 is 0 Å². The summed E-state index contributed by atoms with van der Waals surface area (Å²) in [5.74, 6) is 0. The molecule has 0 bridgehead atoms. The molecule has 2 aliphatic rings. The largest absolute Gasteiger partial charge is 0.455 e. The number of allylic oxidation sites excluding steroid dienone is 4. The molecule has 10 aromatic rings. The molecule has 2 aliphatic carbocycles. The number of rotatable bonds is 3. The zero-order valence-electron chi connectivity index (χ0n) is 31.5. The van der Waals surface area contributed by atoms with E-state index in [9.17, 15) is 0 Å². The van der Waals surface area contributed by atoms with Gasteiger partial charge in [-0.2, -0.15) is 0 Å². The molecule has 0 saturated heterocycles. The van der Waals surface area contributed by atoms with Crippen LogP contribution in [0.4, 0.5) is 0 Å². The maximum atomic E-state index is 6.52. The zero-order valence-corrected chi connectivity index (χ0v) is 31.5. The summed E-state index contributed by atoms with van der Waals surface area (Å²) in [6.07, 6.45) is 8.93. The van der Waals surface area contributed by atoms with E-state index in [1.54, 1.807) is 0 Å². The Morgan fingerprint density at radius 3 is 1.80 bits per heavy atom. The van der Waals surface area contributed by atoms with E-state index in [1.807, 2.05) is 0 Å². The van der Waals surface area contributed by atoms with Crippen LogP contribution in [0.15, 0.2) is 174 Å². The molecule has 0 N–H and O–H groups in total. The second kappa shape index (κ2) is 11.7. The maximum Gasteiger partial charge on any atom is 0.143 e. The molecule has 0 saturated carbocycles. The maximum absolute atomic E-state index is 6.52. The van der Waals surface area contributed by atoms with Gasteiger partial charge in [0.25, 0.3) is 0 Å². The number of para-hydroxylation sites is 1. The summed E-state index contributed by atoms with van der Waals surface area (Å²) < 4.78 is 6.52. The average molecular weight is 715 g/mol. The summed E-state index contributed by atoms with van der Waals surface area (Å²) in [7, 11) is 0. The third kappa shape index (κ3) is 4.37. The highest BCUT2D eigenvalue weighted by atomic mass is 16.3. The second-order valence-electron chi connectivity index (χ2n) is 16.3. The van der Waals surface area contributed by atoms with Gasteiger partial charge in [-0.25, -0.2) is 0 Å². The predicted octanol–water partition coefficient (Wildman–Crippen LogP) is 15.6. The Balaban J connectivity index is 1.09. The van der Waals surface area contributed by atoms with E-state index in [2.05, 4.69) is 184 Å². The van der Waals surface area contributed by atoms with Crippen LogP contribution >= 0.6 is 0 Å². The Kier molecular flexibility index (Phi) is 6.58. The van der Waals surface area contributed by atoms with Gasteiger partial charge in [0, 0.05) is 21.6 Å². The smallest absolute Gasteiger partial charge is 0.143 e. The Morgan fingerprint density at radius 1 is 0.464 bits per heavy atom. The van der Waals surface area contributed by atoms with Crippen molar-refractivity contribution in [2.24, 2.45) is 0 Å². The molecule has 0 fully saturated rings. The minimum absolute atomic E-state index is 0.156. The third-order valence-electron chi connectivity index (χ3n) is 12.9. The first-order chi connectivity index (χ1) is 27.5. The van der Waals surface area contributed by atoms with E-state index in [1.165, 1.54) is 110 Å². The molecule has 1 heteroatoms. The van der Waals surface area contributed by atoms with Gasteiger partial charge < -0.3 is 4.42 Å². The molecule has 264 valence electrons. The fraction of sp³-hybridized carbons (Fsp3) is 0.0909. The van der Waals surface area contributed by atoms with Crippen LogP contribution < -0.4 is 0 Å². The monoisotopic (exact) mass is 714 g/mol. The van der Waals surface area contributed by atoms with Crippen LogP contribution in [0, 0.1) is 0 Å². The van der Waals surface area contributed by atoms with Gasteiger partial charge in [0.2, 0.25) is 0 Å². The number of hydrogen-bond donors (Lipinski definition) is 0. The van der Waals surface area contributed by atoms with Crippen molar-refractivity contribution in [3.8, 4) is 33.4 Å². The van der Waals surface area contributed by atoms with E-state index in [-0.39, 0.29) is 5.41 Å². The van der Waals surface area contributed by atoms with E-state index in [0.29, 0.717) is 0 Å². The van der Waals surface area contributed by atoms with Crippen LogP contribution in [0.3, 0.4) is 0 Å². The van der Waals surface area contributed by atoms with Crippen molar-refractivity contribution in [1.82, 2.24) is 0 Å². The molecule has 1 aromatic heterocycles. The van der Waals surface area contributed by atoms with Crippen LogP contribution in [-0.4, -0.2) is 0 Å². The highest BCUT2D eigenvalue weighted by molar-refractivity contribution is 6.24. The van der Waals surface area contributed by atoms with Gasteiger partial charge in [-0.3, -0.25) is 0 Å².